The Hall–Kier alpha value is -1.91. The minimum atomic E-state index is -0.463. The number of hydrogen-bond donors (Lipinski definition) is 1. The van der Waals surface area contributed by atoms with Crippen LogP contribution < -0.4 is 5.32 Å². The third-order valence-electron chi connectivity index (χ3n) is 3.16. The summed E-state index contributed by atoms with van der Waals surface area (Å²) in [7, 11) is 1.47. The van der Waals surface area contributed by atoms with Crippen LogP contribution in [-0.4, -0.2) is 29.8 Å². The van der Waals surface area contributed by atoms with Gasteiger partial charge in [-0.1, -0.05) is 6.07 Å². The third-order valence-corrected chi connectivity index (χ3v) is 3.16. The summed E-state index contributed by atoms with van der Waals surface area (Å²) in [5.41, 5.74) is 1.11. The second-order valence-electron chi connectivity index (χ2n) is 4.49. The van der Waals surface area contributed by atoms with E-state index in [0.717, 1.165) is 4.90 Å². The van der Waals surface area contributed by atoms with Gasteiger partial charge in [-0.05, 0) is 31.0 Å². The quantitative estimate of drug-likeness (QED) is 0.813. The molecule has 1 saturated heterocycles. The van der Waals surface area contributed by atoms with E-state index in [2.05, 4.69) is 5.32 Å². The maximum atomic E-state index is 13.4. The predicted molar refractivity (Wildman–Crippen MR) is 65.6 cm³/mol. The highest BCUT2D eigenvalue weighted by Gasteiger charge is 2.31. The van der Waals surface area contributed by atoms with Crippen molar-refractivity contribution in [1.82, 2.24) is 4.90 Å². The number of nitrogens with one attached hydrogen (secondary N) is 1. The Bertz CT molecular complexity index is 502. The van der Waals surface area contributed by atoms with E-state index in [-0.39, 0.29) is 17.6 Å². The number of aryl methyl sites for hydroxylation is 1. The summed E-state index contributed by atoms with van der Waals surface area (Å²) in [5, 5.41) is 2.97. The number of likely N-dealkylation sites (N-methyl/N-ethyl adjacent to an activating group) is 1. The fourth-order valence-electron chi connectivity index (χ4n) is 1.93. The zero-order valence-corrected chi connectivity index (χ0v) is 10.4. The fraction of sp³-hybridized carbons (Fsp3) is 0.385. The van der Waals surface area contributed by atoms with Crippen LogP contribution in [0, 0.1) is 12.7 Å². The van der Waals surface area contributed by atoms with E-state index < -0.39 is 6.04 Å². The van der Waals surface area contributed by atoms with Crippen molar-refractivity contribution in [3.63, 3.8) is 0 Å². The van der Waals surface area contributed by atoms with Crippen LogP contribution >= 0.6 is 0 Å². The second-order valence-corrected chi connectivity index (χ2v) is 4.49. The molecule has 1 N–H and O–H groups in total. The molecule has 0 saturated carbocycles. The predicted octanol–water partition coefficient (Wildman–Crippen LogP) is 1.69. The summed E-state index contributed by atoms with van der Waals surface area (Å²) in [6.45, 7) is 1.68. The molecule has 0 aliphatic carbocycles. The highest BCUT2D eigenvalue weighted by atomic mass is 19.1. The normalized spacial score (nSPS) is 20.2. The molecule has 1 fully saturated rings. The van der Waals surface area contributed by atoms with Crippen LogP contribution in [0.2, 0.25) is 0 Å². The van der Waals surface area contributed by atoms with Crippen LogP contribution in [-0.2, 0) is 9.59 Å². The fourth-order valence-corrected chi connectivity index (χ4v) is 1.93. The van der Waals surface area contributed by atoms with Gasteiger partial charge in [0.25, 0.3) is 5.91 Å². The largest absolute Gasteiger partial charge is 0.374 e. The van der Waals surface area contributed by atoms with Crippen molar-refractivity contribution >= 4 is 17.5 Å². The molecule has 2 amide bonds. The second kappa shape index (κ2) is 4.76. The molecular weight excluding hydrogens is 235 g/mol. The van der Waals surface area contributed by atoms with Crippen molar-refractivity contribution in [3.8, 4) is 0 Å². The first kappa shape index (κ1) is 12.5. The number of halogens is 1. The molecule has 1 unspecified atom stereocenters. The van der Waals surface area contributed by atoms with Gasteiger partial charge < -0.3 is 5.32 Å². The molecule has 1 aliphatic rings. The Morgan fingerprint density at radius 2 is 2.11 bits per heavy atom. The van der Waals surface area contributed by atoms with Crippen molar-refractivity contribution in [2.75, 3.05) is 12.4 Å². The molecule has 96 valence electrons. The van der Waals surface area contributed by atoms with Gasteiger partial charge in [0.2, 0.25) is 5.91 Å². The molecule has 2 rings (SSSR count). The van der Waals surface area contributed by atoms with E-state index in [1.807, 2.05) is 0 Å². The van der Waals surface area contributed by atoms with Crippen LogP contribution in [0.5, 0.6) is 0 Å². The van der Waals surface area contributed by atoms with Gasteiger partial charge in [-0.15, -0.1) is 0 Å². The number of carbonyl (C=O) groups excluding carboxylic acids is 2. The van der Waals surface area contributed by atoms with Gasteiger partial charge in [0.05, 0.1) is 0 Å². The van der Waals surface area contributed by atoms with E-state index in [4.69, 9.17) is 0 Å². The highest BCUT2D eigenvalue weighted by Crippen LogP contribution is 2.19. The molecular formula is C13H15FN2O2. The summed E-state index contributed by atoms with van der Waals surface area (Å²) in [5.74, 6) is -0.756. The third kappa shape index (κ3) is 2.34. The first-order chi connectivity index (χ1) is 8.49. The maximum Gasteiger partial charge on any atom is 0.251 e. The number of rotatable bonds is 2. The van der Waals surface area contributed by atoms with Gasteiger partial charge in [-0.25, -0.2) is 4.39 Å². The Labute approximate surface area is 105 Å². The number of hydrogen-bond acceptors (Lipinski definition) is 3. The molecule has 18 heavy (non-hydrogen) atoms. The highest BCUT2D eigenvalue weighted by molar-refractivity contribution is 6.01. The number of piperidine rings is 1. The monoisotopic (exact) mass is 250 g/mol. The standard InChI is InChI=1S/C13H15FN2O2/c1-8-3-4-9(7-10(8)14)15-11-5-6-12(17)16(2)13(11)18/h3-4,7,11,15H,5-6H2,1-2H3. The molecule has 5 heteroatoms. The topological polar surface area (TPSA) is 49.4 Å². The van der Waals surface area contributed by atoms with E-state index in [1.54, 1.807) is 19.1 Å². The van der Waals surface area contributed by atoms with Crippen molar-refractivity contribution in [2.45, 2.75) is 25.8 Å². The molecule has 4 nitrogen and oxygen atoms in total. The van der Waals surface area contributed by atoms with Crippen molar-refractivity contribution in [2.24, 2.45) is 0 Å². The number of imide groups is 1. The average Bonchev–Trinajstić information content (AvgIpc) is 2.34. The Morgan fingerprint density at radius 1 is 1.39 bits per heavy atom. The lowest BCUT2D eigenvalue weighted by Gasteiger charge is -2.28. The Morgan fingerprint density at radius 3 is 2.78 bits per heavy atom. The minimum absolute atomic E-state index is 0.173. The molecule has 0 bridgehead atoms. The van der Waals surface area contributed by atoms with Crippen LogP contribution in [0.4, 0.5) is 10.1 Å². The first-order valence-electron chi connectivity index (χ1n) is 5.82. The van der Waals surface area contributed by atoms with Crippen molar-refractivity contribution in [3.05, 3.63) is 29.6 Å². The summed E-state index contributed by atoms with van der Waals surface area (Å²) in [6, 6.07) is 4.27. The molecule has 0 radical (unpaired) electrons. The Balaban J connectivity index is 2.11. The van der Waals surface area contributed by atoms with Gasteiger partial charge in [-0.2, -0.15) is 0 Å². The van der Waals surface area contributed by atoms with Gasteiger partial charge in [0.1, 0.15) is 11.9 Å². The summed E-state index contributed by atoms with van der Waals surface area (Å²) in [6.07, 6.45) is 0.770. The molecule has 1 atom stereocenters. The van der Waals surface area contributed by atoms with E-state index >= 15 is 0 Å². The smallest absolute Gasteiger partial charge is 0.251 e. The summed E-state index contributed by atoms with van der Waals surface area (Å²) < 4.78 is 13.4. The number of anilines is 1. The average molecular weight is 250 g/mol. The zero-order chi connectivity index (χ0) is 13.3. The Kier molecular flexibility index (Phi) is 3.32. The minimum Gasteiger partial charge on any atom is -0.374 e. The number of carbonyl (C=O) groups is 2. The van der Waals surface area contributed by atoms with Gasteiger partial charge in [-0.3, -0.25) is 14.5 Å². The van der Waals surface area contributed by atoms with E-state index in [1.165, 1.54) is 13.1 Å². The molecule has 0 aromatic heterocycles. The summed E-state index contributed by atoms with van der Waals surface area (Å²) in [4.78, 5) is 24.3. The van der Waals surface area contributed by atoms with Crippen LogP contribution in [0.25, 0.3) is 0 Å². The number of nitrogens with zero attached hydrogens (tertiary/aromatic N) is 1. The van der Waals surface area contributed by atoms with Gasteiger partial charge >= 0.3 is 0 Å². The van der Waals surface area contributed by atoms with E-state index in [0.29, 0.717) is 24.1 Å². The van der Waals surface area contributed by atoms with Gasteiger partial charge in [0, 0.05) is 19.2 Å². The van der Waals surface area contributed by atoms with Crippen molar-refractivity contribution < 1.29 is 14.0 Å². The van der Waals surface area contributed by atoms with Crippen LogP contribution in [0.3, 0.4) is 0 Å². The molecule has 1 aromatic rings. The number of benzene rings is 1. The lowest BCUT2D eigenvalue weighted by molar-refractivity contribution is -0.146. The maximum absolute atomic E-state index is 13.4. The van der Waals surface area contributed by atoms with Crippen LogP contribution in [0.1, 0.15) is 18.4 Å². The lowest BCUT2D eigenvalue weighted by atomic mass is 10.0. The SMILES string of the molecule is Cc1ccc(NC2CCC(=O)N(C)C2=O)cc1F. The first-order valence-corrected chi connectivity index (χ1v) is 5.82. The van der Waals surface area contributed by atoms with Crippen LogP contribution in [0.15, 0.2) is 18.2 Å². The molecule has 1 aliphatic heterocycles. The molecule has 1 heterocycles. The number of amides is 2. The van der Waals surface area contributed by atoms with Crippen molar-refractivity contribution in [1.29, 1.82) is 0 Å². The number of likely N-dealkylation sites (tertiary alicyclic amines) is 1. The molecule has 0 spiro atoms. The van der Waals surface area contributed by atoms with Gasteiger partial charge in [0.15, 0.2) is 0 Å². The summed E-state index contributed by atoms with van der Waals surface area (Å²) >= 11 is 0. The van der Waals surface area contributed by atoms with E-state index in [9.17, 15) is 14.0 Å². The zero-order valence-electron chi connectivity index (χ0n) is 10.4. The molecule has 1 aromatic carbocycles. The lowest BCUT2D eigenvalue weighted by Crippen LogP contribution is -2.48.